The van der Waals surface area contributed by atoms with E-state index in [1.165, 1.54) is 31.3 Å². The lowest BCUT2D eigenvalue weighted by Gasteiger charge is -2.14. The van der Waals surface area contributed by atoms with E-state index in [1.807, 2.05) is 0 Å². The monoisotopic (exact) mass is 372 g/mol. The number of hydrogen-bond donors (Lipinski definition) is 1. The molecule has 1 unspecified atom stereocenters. The fourth-order valence-electron chi connectivity index (χ4n) is 1.83. The van der Waals surface area contributed by atoms with Gasteiger partial charge in [-0.25, -0.2) is 9.78 Å². The van der Waals surface area contributed by atoms with Crippen LogP contribution in [0.25, 0.3) is 0 Å². The molecular formula is C16H12ClF3N2O3. The Kier molecular flexibility index (Phi) is 5.63. The summed E-state index contributed by atoms with van der Waals surface area (Å²) in [6.07, 6.45) is -4.41. The molecular weight excluding hydrogens is 361 g/mol. The predicted molar refractivity (Wildman–Crippen MR) is 84.2 cm³/mol. The summed E-state index contributed by atoms with van der Waals surface area (Å²) < 4.78 is 42.9. The number of ether oxygens (including phenoxy) is 1. The lowest BCUT2D eigenvalue weighted by Crippen LogP contribution is -2.30. The van der Waals surface area contributed by atoms with Gasteiger partial charge in [-0.05, 0) is 37.3 Å². The highest BCUT2D eigenvalue weighted by Gasteiger charge is 2.30. The first-order valence-corrected chi connectivity index (χ1v) is 7.36. The summed E-state index contributed by atoms with van der Waals surface area (Å²) in [5.74, 6) is -1.66. The third kappa shape index (κ3) is 4.93. The third-order valence-electron chi connectivity index (χ3n) is 3.09. The minimum Gasteiger partial charge on any atom is -0.449 e. The smallest absolute Gasteiger partial charge is 0.416 e. The van der Waals surface area contributed by atoms with Crippen LogP contribution in [-0.2, 0) is 15.7 Å². The molecule has 25 heavy (non-hydrogen) atoms. The Bertz CT molecular complexity index is 796. The third-order valence-corrected chi connectivity index (χ3v) is 3.39. The summed E-state index contributed by atoms with van der Waals surface area (Å²) in [4.78, 5) is 27.7. The topological polar surface area (TPSA) is 68.3 Å². The first kappa shape index (κ1) is 18.7. The van der Waals surface area contributed by atoms with E-state index in [0.717, 1.165) is 18.2 Å². The molecule has 2 rings (SSSR count). The molecule has 0 aliphatic heterocycles. The summed E-state index contributed by atoms with van der Waals surface area (Å²) in [6.45, 7) is 1.28. The summed E-state index contributed by atoms with van der Waals surface area (Å²) in [5.41, 5.74) is -0.998. The molecule has 0 aliphatic rings. The normalized spacial score (nSPS) is 12.4. The Morgan fingerprint density at radius 1 is 1.24 bits per heavy atom. The molecule has 0 bridgehead atoms. The van der Waals surface area contributed by atoms with Crippen LogP contribution in [0.2, 0.25) is 5.15 Å². The Balaban J connectivity index is 2.04. The van der Waals surface area contributed by atoms with Crippen molar-refractivity contribution < 1.29 is 27.5 Å². The molecule has 9 heteroatoms. The molecule has 1 atom stereocenters. The summed E-state index contributed by atoms with van der Waals surface area (Å²) in [6, 6.07) is 6.95. The Morgan fingerprint density at radius 2 is 1.96 bits per heavy atom. The largest absolute Gasteiger partial charge is 0.449 e. The molecule has 0 saturated heterocycles. The predicted octanol–water partition coefficient (Wildman–Crippen LogP) is 3.94. The zero-order chi connectivity index (χ0) is 18.6. The van der Waals surface area contributed by atoms with Crippen molar-refractivity contribution in [2.75, 3.05) is 5.32 Å². The summed E-state index contributed by atoms with van der Waals surface area (Å²) in [5, 5.41) is 2.18. The summed E-state index contributed by atoms with van der Waals surface area (Å²) >= 11 is 5.75. The zero-order valence-corrected chi connectivity index (χ0v) is 13.6. The Morgan fingerprint density at radius 3 is 2.60 bits per heavy atom. The zero-order valence-electron chi connectivity index (χ0n) is 12.8. The molecule has 1 N–H and O–H groups in total. The number of halogens is 4. The highest BCUT2D eigenvalue weighted by molar-refractivity contribution is 6.32. The number of pyridine rings is 1. The van der Waals surface area contributed by atoms with Gasteiger partial charge in [0.25, 0.3) is 5.91 Å². The first-order valence-electron chi connectivity index (χ1n) is 6.98. The minimum absolute atomic E-state index is 0.0251. The van der Waals surface area contributed by atoms with Crippen molar-refractivity contribution >= 4 is 29.2 Å². The van der Waals surface area contributed by atoms with Gasteiger partial charge in [0.15, 0.2) is 6.10 Å². The number of nitrogens with zero attached hydrogens (tertiary/aromatic N) is 1. The van der Waals surface area contributed by atoms with Gasteiger partial charge in [0.1, 0.15) is 5.15 Å². The van der Waals surface area contributed by atoms with Crippen molar-refractivity contribution in [3.8, 4) is 0 Å². The van der Waals surface area contributed by atoms with Gasteiger partial charge in [-0.15, -0.1) is 0 Å². The number of carbonyl (C=O) groups excluding carboxylic acids is 2. The first-order chi connectivity index (χ1) is 11.7. The van der Waals surface area contributed by atoms with Gasteiger partial charge < -0.3 is 10.1 Å². The van der Waals surface area contributed by atoms with Crippen molar-refractivity contribution in [3.63, 3.8) is 0 Å². The van der Waals surface area contributed by atoms with E-state index < -0.39 is 29.7 Å². The SMILES string of the molecule is CC(OC(=O)c1cccnc1Cl)C(=O)Nc1cccc(C(F)(F)F)c1. The fraction of sp³-hybridized carbons (Fsp3) is 0.188. The van der Waals surface area contributed by atoms with E-state index in [1.54, 1.807) is 0 Å². The standard InChI is InChI=1S/C16H12ClF3N2O3/c1-9(25-15(24)12-6-3-7-21-13(12)17)14(23)22-11-5-2-4-10(8-11)16(18,19)20/h2-9H,1H3,(H,22,23). The highest BCUT2D eigenvalue weighted by atomic mass is 35.5. The minimum atomic E-state index is -4.53. The van der Waals surface area contributed by atoms with E-state index in [-0.39, 0.29) is 16.4 Å². The number of rotatable bonds is 4. The van der Waals surface area contributed by atoms with E-state index in [0.29, 0.717) is 0 Å². The second-order valence-electron chi connectivity index (χ2n) is 4.96. The van der Waals surface area contributed by atoms with E-state index in [4.69, 9.17) is 16.3 Å². The van der Waals surface area contributed by atoms with E-state index >= 15 is 0 Å². The van der Waals surface area contributed by atoms with Crippen LogP contribution < -0.4 is 5.32 Å². The molecule has 132 valence electrons. The van der Waals surface area contributed by atoms with Crippen molar-refractivity contribution in [3.05, 3.63) is 58.9 Å². The molecule has 2 aromatic rings. The van der Waals surface area contributed by atoms with Gasteiger partial charge in [0.05, 0.1) is 11.1 Å². The van der Waals surface area contributed by atoms with Crippen LogP contribution >= 0.6 is 11.6 Å². The quantitative estimate of drug-likeness (QED) is 0.652. The number of aromatic nitrogens is 1. The molecule has 1 aromatic heterocycles. The van der Waals surface area contributed by atoms with Crippen LogP contribution in [0, 0.1) is 0 Å². The average molecular weight is 373 g/mol. The van der Waals surface area contributed by atoms with E-state index in [2.05, 4.69) is 10.3 Å². The maximum atomic E-state index is 12.7. The average Bonchev–Trinajstić information content (AvgIpc) is 2.54. The second-order valence-corrected chi connectivity index (χ2v) is 5.32. The number of benzene rings is 1. The Labute approximate surface area is 145 Å². The van der Waals surface area contributed by atoms with Crippen molar-refractivity contribution in [2.45, 2.75) is 19.2 Å². The van der Waals surface area contributed by atoms with Gasteiger partial charge >= 0.3 is 12.1 Å². The highest BCUT2D eigenvalue weighted by Crippen LogP contribution is 2.30. The van der Waals surface area contributed by atoms with Gasteiger partial charge in [-0.1, -0.05) is 17.7 Å². The molecule has 0 saturated carbocycles. The van der Waals surface area contributed by atoms with Crippen LogP contribution in [0.5, 0.6) is 0 Å². The van der Waals surface area contributed by atoms with Crippen LogP contribution in [0.3, 0.4) is 0 Å². The maximum Gasteiger partial charge on any atom is 0.416 e. The van der Waals surface area contributed by atoms with Crippen LogP contribution in [-0.4, -0.2) is 23.0 Å². The molecule has 5 nitrogen and oxygen atoms in total. The molecule has 0 aliphatic carbocycles. The molecule has 0 spiro atoms. The molecule has 1 heterocycles. The molecule has 1 aromatic carbocycles. The molecule has 1 amide bonds. The van der Waals surface area contributed by atoms with Crippen molar-refractivity contribution in [2.24, 2.45) is 0 Å². The van der Waals surface area contributed by atoms with Gasteiger partial charge in [-0.3, -0.25) is 4.79 Å². The molecule has 0 fully saturated rings. The number of nitrogens with one attached hydrogen (secondary N) is 1. The molecule has 0 radical (unpaired) electrons. The van der Waals surface area contributed by atoms with E-state index in [9.17, 15) is 22.8 Å². The van der Waals surface area contributed by atoms with Gasteiger partial charge in [0, 0.05) is 11.9 Å². The lowest BCUT2D eigenvalue weighted by atomic mass is 10.2. The van der Waals surface area contributed by atoms with Crippen molar-refractivity contribution in [1.29, 1.82) is 0 Å². The second kappa shape index (κ2) is 7.52. The number of amides is 1. The summed E-state index contributed by atoms with van der Waals surface area (Å²) in [7, 11) is 0. The number of esters is 1. The van der Waals surface area contributed by atoms with Crippen molar-refractivity contribution in [1.82, 2.24) is 4.98 Å². The number of anilines is 1. The maximum absolute atomic E-state index is 12.7. The number of alkyl halides is 3. The number of hydrogen-bond acceptors (Lipinski definition) is 4. The number of carbonyl (C=O) groups is 2. The van der Waals surface area contributed by atoms with Crippen LogP contribution in [0.1, 0.15) is 22.8 Å². The van der Waals surface area contributed by atoms with Crippen LogP contribution in [0.15, 0.2) is 42.6 Å². The fourth-order valence-corrected chi connectivity index (χ4v) is 2.03. The van der Waals surface area contributed by atoms with Crippen LogP contribution in [0.4, 0.5) is 18.9 Å². The van der Waals surface area contributed by atoms with Gasteiger partial charge in [-0.2, -0.15) is 13.2 Å². The lowest BCUT2D eigenvalue weighted by molar-refractivity contribution is -0.137. The van der Waals surface area contributed by atoms with Gasteiger partial charge in [0.2, 0.25) is 0 Å². The Hall–Kier alpha value is -2.61.